The Labute approximate surface area is 89.9 Å². The highest BCUT2D eigenvalue weighted by atomic mass is 79.9. The summed E-state index contributed by atoms with van der Waals surface area (Å²) in [5.74, 6) is -2.19. The first-order chi connectivity index (χ1) is 6.25. The Morgan fingerprint density at radius 3 is 2.21 bits per heavy atom. The third-order valence-electron chi connectivity index (χ3n) is 1.90. The van der Waals surface area contributed by atoms with Gasteiger partial charge in [-0.15, -0.1) is 0 Å². The van der Waals surface area contributed by atoms with Crippen molar-refractivity contribution in [3.05, 3.63) is 27.7 Å². The molecule has 0 atom stereocenters. The summed E-state index contributed by atoms with van der Waals surface area (Å²) in [6, 6.07) is 0.917. The fourth-order valence-corrected chi connectivity index (χ4v) is 1.67. The molecule has 14 heavy (non-hydrogen) atoms. The van der Waals surface area contributed by atoms with Crippen molar-refractivity contribution < 1.29 is 13.9 Å². The Morgan fingerprint density at radius 2 is 1.79 bits per heavy atom. The average molecular weight is 265 g/mol. The fraction of sp³-hybridized carbons (Fsp3) is 0.400. The van der Waals surface area contributed by atoms with E-state index in [2.05, 4.69) is 15.9 Å². The van der Waals surface area contributed by atoms with Gasteiger partial charge in [0.25, 0.3) is 0 Å². The minimum atomic E-state index is -0.988. The van der Waals surface area contributed by atoms with Gasteiger partial charge in [-0.1, -0.05) is 20.8 Å². The molecule has 0 aromatic heterocycles. The van der Waals surface area contributed by atoms with Gasteiger partial charge in [-0.25, -0.2) is 8.78 Å². The molecular weight excluding hydrogens is 254 g/mol. The SMILES string of the molecule is CC(C)(C)c1c(O)c(Br)cc(F)c1F. The zero-order chi connectivity index (χ0) is 11.1. The molecule has 1 rings (SSSR count). The van der Waals surface area contributed by atoms with E-state index >= 15 is 0 Å². The Kier molecular flexibility index (Phi) is 2.86. The molecular formula is C10H11BrF2O. The lowest BCUT2D eigenvalue weighted by atomic mass is 9.86. The van der Waals surface area contributed by atoms with Crippen LogP contribution in [0.25, 0.3) is 0 Å². The molecule has 0 radical (unpaired) electrons. The van der Waals surface area contributed by atoms with E-state index in [1.54, 1.807) is 20.8 Å². The molecule has 4 heteroatoms. The van der Waals surface area contributed by atoms with Gasteiger partial charge in [0.1, 0.15) is 5.75 Å². The molecule has 0 bridgehead atoms. The molecule has 78 valence electrons. The molecule has 1 N–H and O–H groups in total. The third-order valence-corrected chi connectivity index (χ3v) is 2.50. The molecule has 0 saturated carbocycles. The summed E-state index contributed by atoms with van der Waals surface area (Å²) in [6.45, 7) is 5.12. The minimum Gasteiger partial charge on any atom is -0.506 e. The normalized spacial score (nSPS) is 11.9. The molecule has 0 spiro atoms. The second kappa shape index (κ2) is 3.50. The lowest BCUT2D eigenvalue weighted by Crippen LogP contribution is -2.15. The number of rotatable bonds is 0. The zero-order valence-electron chi connectivity index (χ0n) is 8.16. The molecule has 0 heterocycles. The Bertz CT molecular complexity index is 343. The number of hydrogen-bond acceptors (Lipinski definition) is 1. The van der Waals surface area contributed by atoms with Gasteiger partial charge >= 0.3 is 0 Å². The van der Waals surface area contributed by atoms with Crippen molar-refractivity contribution in [1.82, 2.24) is 0 Å². The quantitative estimate of drug-likeness (QED) is 0.708. The smallest absolute Gasteiger partial charge is 0.166 e. The van der Waals surface area contributed by atoms with Gasteiger partial charge in [-0.3, -0.25) is 0 Å². The first-order valence-electron chi connectivity index (χ1n) is 4.12. The van der Waals surface area contributed by atoms with Crippen LogP contribution in [-0.4, -0.2) is 5.11 Å². The Morgan fingerprint density at radius 1 is 1.29 bits per heavy atom. The van der Waals surface area contributed by atoms with Gasteiger partial charge in [0, 0.05) is 5.56 Å². The van der Waals surface area contributed by atoms with Crippen LogP contribution in [0.1, 0.15) is 26.3 Å². The lowest BCUT2D eigenvalue weighted by molar-refractivity contribution is 0.407. The standard InChI is InChI=1S/C10H11BrF2O/c1-10(2,3)7-8(13)6(12)4-5(11)9(7)14/h4,14H,1-3H3. The number of benzene rings is 1. The molecule has 1 aromatic rings. The first-order valence-corrected chi connectivity index (χ1v) is 4.91. The number of phenols is 1. The van der Waals surface area contributed by atoms with E-state index in [1.165, 1.54) is 0 Å². The molecule has 0 amide bonds. The van der Waals surface area contributed by atoms with Crippen LogP contribution in [0.3, 0.4) is 0 Å². The average Bonchev–Trinajstić information content (AvgIpc) is 1.98. The molecule has 0 aliphatic rings. The van der Waals surface area contributed by atoms with Gasteiger partial charge in [0.05, 0.1) is 4.47 Å². The molecule has 0 saturated heterocycles. The van der Waals surface area contributed by atoms with Crippen molar-refractivity contribution in [2.75, 3.05) is 0 Å². The molecule has 0 unspecified atom stereocenters. The van der Waals surface area contributed by atoms with E-state index in [-0.39, 0.29) is 15.8 Å². The zero-order valence-corrected chi connectivity index (χ0v) is 9.74. The molecule has 0 aliphatic carbocycles. The monoisotopic (exact) mass is 264 g/mol. The van der Waals surface area contributed by atoms with Crippen LogP contribution in [0.2, 0.25) is 0 Å². The maximum absolute atomic E-state index is 13.4. The van der Waals surface area contributed by atoms with Crippen molar-refractivity contribution in [3.8, 4) is 5.75 Å². The topological polar surface area (TPSA) is 20.2 Å². The maximum Gasteiger partial charge on any atom is 0.166 e. The minimum absolute atomic E-state index is 0.00984. The summed E-state index contributed by atoms with van der Waals surface area (Å²) in [5, 5.41) is 9.58. The van der Waals surface area contributed by atoms with Crippen LogP contribution in [0.5, 0.6) is 5.75 Å². The maximum atomic E-state index is 13.4. The van der Waals surface area contributed by atoms with Gasteiger partial charge in [0.15, 0.2) is 11.6 Å². The van der Waals surface area contributed by atoms with Gasteiger partial charge in [-0.2, -0.15) is 0 Å². The summed E-state index contributed by atoms with van der Waals surface area (Å²) in [6.07, 6.45) is 0. The molecule has 0 fully saturated rings. The van der Waals surface area contributed by atoms with Crippen molar-refractivity contribution in [3.63, 3.8) is 0 Å². The van der Waals surface area contributed by atoms with Crippen LogP contribution in [0.4, 0.5) is 8.78 Å². The van der Waals surface area contributed by atoms with Crippen molar-refractivity contribution in [2.45, 2.75) is 26.2 Å². The van der Waals surface area contributed by atoms with Gasteiger partial charge in [0.2, 0.25) is 0 Å². The summed E-state index contributed by atoms with van der Waals surface area (Å²) in [5.41, 5.74) is -0.650. The van der Waals surface area contributed by atoms with Crippen LogP contribution in [0, 0.1) is 11.6 Å². The summed E-state index contributed by atoms with van der Waals surface area (Å²) >= 11 is 2.97. The summed E-state index contributed by atoms with van der Waals surface area (Å²) in [4.78, 5) is 0. The van der Waals surface area contributed by atoms with Gasteiger partial charge < -0.3 is 5.11 Å². The van der Waals surface area contributed by atoms with Crippen molar-refractivity contribution in [1.29, 1.82) is 0 Å². The molecule has 1 aromatic carbocycles. The summed E-state index contributed by atoms with van der Waals surface area (Å²) < 4.78 is 26.6. The molecule has 0 aliphatic heterocycles. The van der Waals surface area contributed by atoms with Crippen LogP contribution >= 0.6 is 15.9 Å². The van der Waals surface area contributed by atoms with E-state index < -0.39 is 17.0 Å². The van der Waals surface area contributed by atoms with Crippen LogP contribution in [-0.2, 0) is 5.41 Å². The number of aromatic hydroxyl groups is 1. The summed E-state index contributed by atoms with van der Waals surface area (Å²) in [7, 11) is 0. The van der Waals surface area contributed by atoms with Crippen LogP contribution < -0.4 is 0 Å². The highest BCUT2D eigenvalue weighted by Gasteiger charge is 2.26. The number of halogens is 3. The number of hydrogen-bond donors (Lipinski definition) is 1. The van der Waals surface area contributed by atoms with E-state index in [0.29, 0.717) is 0 Å². The van der Waals surface area contributed by atoms with E-state index in [4.69, 9.17) is 0 Å². The second-order valence-electron chi connectivity index (χ2n) is 4.13. The van der Waals surface area contributed by atoms with E-state index in [9.17, 15) is 13.9 Å². The predicted molar refractivity (Wildman–Crippen MR) is 54.4 cm³/mol. The van der Waals surface area contributed by atoms with E-state index in [0.717, 1.165) is 6.07 Å². The second-order valence-corrected chi connectivity index (χ2v) is 4.98. The van der Waals surface area contributed by atoms with Gasteiger partial charge in [-0.05, 0) is 27.4 Å². The number of phenolic OH excluding ortho intramolecular Hbond substituents is 1. The highest BCUT2D eigenvalue weighted by molar-refractivity contribution is 9.10. The van der Waals surface area contributed by atoms with E-state index in [1.807, 2.05) is 0 Å². The Hall–Kier alpha value is -0.640. The molecule has 1 nitrogen and oxygen atoms in total. The largest absolute Gasteiger partial charge is 0.506 e. The highest BCUT2D eigenvalue weighted by Crippen LogP contribution is 2.38. The third kappa shape index (κ3) is 1.90. The fourth-order valence-electron chi connectivity index (χ4n) is 1.27. The van der Waals surface area contributed by atoms with Crippen molar-refractivity contribution in [2.24, 2.45) is 0 Å². The predicted octanol–water partition coefficient (Wildman–Crippen LogP) is 3.73. The Balaban J connectivity index is 3.56. The van der Waals surface area contributed by atoms with Crippen molar-refractivity contribution >= 4 is 15.9 Å². The van der Waals surface area contributed by atoms with Crippen LogP contribution in [0.15, 0.2) is 10.5 Å². The first kappa shape index (κ1) is 11.4. The lowest BCUT2D eigenvalue weighted by Gasteiger charge is -2.21.